The van der Waals surface area contributed by atoms with Gasteiger partial charge in [-0.2, -0.15) is 13.2 Å². The van der Waals surface area contributed by atoms with E-state index in [0.717, 1.165) is 16.7 Å². The Hall–Kier alpha value is -3.29. The number of hydrogen-bond donors (Lipinski definition) is 1. The lowest BCUT2D eigenvalue weighted by atomic mass is 10.1. The van der Waals surface area contributed by atoms with Gasteiger partial charge in [0.15, 0.2) is 0 Å². The highest BCUT2D eigenvalue weighted by Gasteiger charge is 2.31. The van der Waals surface area contributed by atoms with Gasteiger partial charge in [0.05, 0.1) is 21.1 Å². The van der Waals surface area contributed by atoms with Crippen LogP contribution in [-0.2, 0) is 12.7 Å². The van der Waals surface area contributed by atoms with Crippen LogP contribution in [0.25, 0.3) is 16.6 Å². The highest BCUT2D eigenvalue weighted by atomic mass is 35.5. The third-order valence-electron chi connectivity index (χ3n) is 5.02. The standard InChI is InChI=1S/C24H15Cl2F3N2O2/c25-19-9-8-14(10-20(19)26)13-30-22(32)18-11-15-4-1-2-7-21(15)31(23(18)33)17-6-3-5-16(12-17)24(27,28)29/h1-12H,13H2,(H,30,32). The normalized spacial score (nSPS) is 11.5. The fourth-order valence-corrected chi connectivity index (χ4v) is 3.75. The van der Waals surface area contributed by atoms with Gasteiger partial charge in [-0.25, -0.2) is 0 Å². The van der Waals surface area contributed by atoms with Crippen molar-refractivity contribution in [1.29, 1.82) is 0 Å². The predicted molar refractivity (Wildman–Crippen MR) is 122 cm³/mol. The molecule has 33 heavy (non-hydrogen) atoms. The van der Waals surface area contributed by atoms with E-state index in [-0.39, 0.29) is 17.8 Å². The molecule has 1 heterocycles. The van der Waals surface area contributed by atoms with E-state index in [0.29, 0.717) is 26.5 Å². The Labute approximate surface area is 196 Å². The lowest BCUT2D eigenvalue weighted by Gasteiger charge is -2.15. The van der Waals surface area contributed by atoms with Crippen molar-refractivity contribution in [3.05, 3.63) is 110 Å². The summed E-state index contributed by atoms with van der Waals surface area (Å²) in [4.78, 5) is 26.2. The van der Waals surface area contributed by atoms with Crippen LogP contribution in [0.4, 0.5) is 13.2 Å². The van der Waals surface area contributed by atoms with E-state index in [1.54, 1.807) is 42.5 Å². The average molecular weight is 491 g/mol. The van der Waals surface area contributed by atoms with Crippen molar-refractivity contribution in [2.24, 2.45) is 0 Å². The van der Waals surface area contributed by atoms with Crippen LogP contribution >= 0.6 is 23.2 Å². The zero-order valence-corrected chi connectivity index (χ0v) is 18.3. The molecule has 0 spiro atoms. The molecule has 0 unspecified atom stereocenters. The van der Waals surface area contributed by atoms with Gasteiger partial charge in [-0.1, -0.05) is 53.5 Å². The highest BCUT2D eigenvalue weighted by molar-refractivity contribution is 6.42. The van der Waals surface area contributed by atoms with Crippen LogP contribution in [0.1, 0.15) is 21.5 Å². The van der Waals surface area contributed by atoms with Crippen molar-refractivity contribution in [3.63, 3.8) is 0 Å². The molecule has 0 aliphatic rings. The van der Waals surface area contributed by atoms with Gasteiger partial charge in [-0.3, -0.25) is 14.2 Å². The quantitative estimate of drug-likeness (QED) is 0.367. The summed E-state index contributed by atoms with van der Waals surface area (Å²) >= 11 is 11.9. The molecule has 0 aliphatic carbocycles. The Morgan fingerprint density at radius 2 is 1.67 bits per heavy atom. The highest BCUT2D eigenvalue weighted by Crippen LogP contribution is 2.31. The summed E-state index contributed by atoms with van der Waals surface area (Å²) in [6, 6.07) is 17.3. The lowest BCUT2D eigenvalue weighted by Crippen LogP contribution is -2.32. The van der Waals surface area contributed by atoms with Gasteiger partial charge < -0.3 is 5.32 Å². The van der Waals surface area contributed by atoms with Crippen molar-refractivity contribution >= 4 is 40.0 Å². The molecule has 1 amide bonds. The molecule has 0 saturated carbocycles. The third kappa shape index (κ3) is 4.74. The molecule has 0 saturated heterocycles. The second-order valence-electron chi connectivity index (χ2n) is 7.24. The fraction of sp³-hybridized carbons (Fsp3) is 0.0833. The summed E-state index contributed by atoms with van der Waals surface area (Å²) in [6.07, 6.45) is -4.58. The minimum Gasteiger partial charge on any atom is -0.348 e. The monoisotopic (exact) mass is 490 g/mol. The Morgan fingerprint density at radius 3 is 2.39 bits per heavy atom. The number of amides is 1. The van der Waals surface area contributed by atoms with E-state index in [9.17, 15) is 22.8 Å². The van der Waals surface area contributed by atoms with Crippen molar-refractivity contribution in [2.45, 2.75) is 12.7 Å². The summed E-state index contributed by atoms with van der Waals surface area (Å²) in [6.45, 7) is 0.0749. The largest absolute Gasteiger partial charge is 0.416 e. The first-order chi connectivity index (χ1) is 15.6. The summed E-state index contributed by atoms with van der Waals surface area (Å²) in [5.41, 5.74) is -0.791. The van der Waals surface area contributed by atoms with E-state index in [1.807, 2.05) is 0 Å². The average Bonchev–Trinajstić information content (AvgIpc) is 2.78. The zero-order valence-electron chi connectivity index (χ0n) is 16.8. The van der Waals surface area contributed by atoms with E-state index in [4.69, 9.17) is 23.2 Å². The van der Waals surface area contributed by atoms with Crippen LogP contribution in [0.2, 0.25) is 10.0 Å². The van der Waals surface area contributed by atoms with Crippen LogP contribution in [0.3, 0.4) is 0 Å². The molecular formula is C24H15Cl2F3N2O2. The number of carbonyl (C=O) groups excluding carboxylic acids is 1. The molecule has 0 atom stereocenters. The van der Waals surface area contributed by atoms with E-state index < -0.39 is 23.2 Å². The Morgan fingerprint density at radius 1 is 0.909 bits per heavy atom. The molecule has 4 rings (SSSR count). The van der Waals surface area contributed by atoms with Crippen LogP contribution in [0, 0.1) is 0 Å². The first-order valence-electron chi connectivity index (χ1n) is 9.70. The molecule has 9 heteroatoms. The maximum atomic E-state index is 13.3. The molecule has 0 radical (unpaired) electrons. The minimum atomic E-state index is -4.58. The number of fused-ring (bicyclic) bond motifs is 1. The summed E-state index contributed by atoms with van der Waals surface area (Å²) < 4.78 is 40.9. The van der Waals surface area contributed by atoms with E-state index >= 15 is 0 Å². The van der Waals surface area contributed by atoms with Crippen molar-refractivity contribution < 1.29 is 18.0 Å². The number of alkyl halides is 3. The zero-order chi connectivity index (χ0) is 23.8. The number of nitrogens with zero attached hydrogens (tertiary/aromatic N) is 1. The smallest absolute Gasteiger partial charge is 0.348 e. The molecule has 4 nitrogen and oxygen atoms in total. The number of carbonyl (C=O) groups is 1. The topological polar surface area (TPSA) is 51.1 Å². The molecule has 1 N–H and O–H groups in total. The number of hydrogen-bond acceptors (Lipinski definition) is 2. The van der Waals surface area contributed by atoms with E-state index in [1.165, 1.54) is 18.2 Å². The minimum absolute atomic E-state index is 0.00478. The molecule has 4 aromatic rings. The molecule has 1 aromatic heterocycles. The predicted octanol–water partition coefficient (Wildman–Crippen LogP) is 6.25. The van der Waals surface area contributed by atoms with Gasteiger partial charge in [0, 0.05) is 12.2 Å². The molecule has 0 bridgehead atoms. The van der Waals surface area contributed by atoms with Crippen LogP contribution in [0.15, 0.2) is 77.6 Å². The number of pyridine rings is 1. The van der Waals surface area contributed by atoms with Gasteiger partial charge in [0.2, 0.25) is 0 Å². The van der Waals surface area contributed by atoms with Crippen LogP contribution in [-0.4, -0.2) is 10.5 Å². The summed E-state index contributed by atoms with van der Waals surface area (Å²) in [5, 5.41) is 3.86. The molecule has 168 valence electrons. The maximum absolute atomic E-state index is 13.3. The summed E-state index contributed by atoms with van der Waals surface area (Å²) in [5.74, 6) is -0.669. The molecule has 0 aliphatic heterocycles. The van der Waals surface area contributed by atoms with Gasteiger partial charge in [-0.15, -0.1) is 0 Å². The first-order valence-corrected chi connectivity index (χ1v) is 10.5. The number of rotatable bonds is 4. The SMILES string of the molecule is O=C(NCc1ccc(Cl)c(Cl)c1)c1cc2ccccc2n(-c2cccc(C(F)(F)F)c2)c1=O. The van der Waals surface area contributed by atoms with Crippen molar-refractivity contribution in [1.82, 2.24) is 9.88 Å². The fourth-order valence-electron chi connectivity index (χ4n) is 3.43. The second-order valence-corrected chi connectivity index (χ2v) is 8.05. The van der Waals surface area contributed by atoms with Crippen LogP contribution in [0.5, 0.6) is 0 Å². The first kappa shape index (κ1) is 22.9. The maximum Gasteiger partial charge on any atom is 0.416 e. The lowest BCUT2D eigenvalue weighted by molar-refractivity contribution is -0.137. The van der Waals surface area contributed by atoms with Gasteiger partial charge >= 0.3 is 6.18 Å². The van der Waals surface area contributed by atoms with Gasteiger partial charge in [0.25, 0.3) is 11.5 Å². The third-order valence-corrected chi connectivity index (χ3v) is 5.76. The molecular weight excluding hydrogens is 476 g/mol. The van der Waals surface area contributed by atoms with Crippen molar-refractivity contribution in [3.8, 4) is 5.69 Å². The van der Waals surface area contributed by atoms with Crippen molar-refractivity contribution in [2.75, 3.05) is 0 Å². The number of para-hydroxylation sites is 1. The number of nitrogens with one attached hydrogen (secondary N) is 1. The number of aromatic nitrogens is 1. The van der Waals surface area contributed by atoms with Gasteiger partial charge in [-0.05, 0) is 53.4 Å². The second kappa shape index (κ2) is 8.92. The number of benzene rings is 3. The van der Waals surface area contributed by atoms with E-state index in [2.05, 4.69) is 5.32 Å². The Balaban J connectivity index is 1.78. The Bertz CT molecular complexity index is 1430. The van der Waals surface area contributed by atoms with Gasteiger partial charge in [0.1, 0.15) is 5.56 Å². The Kier molecular flexibility index (Phi) is 6.19. The van der Waals surface area contributed by atoms with Crippen LogP contribution < -0.4 is 10.9 Å². The summed E-state index contributed by atoms with van der Waals surface area (Å²) in [7, 11) is 0. The number of halogens is 5. The molecule has 0 fully saturated rings. The molecule has 3 aromatic carbocycles.